The Morgan fingerprint density at radius 1 is 0.886 bits per heavy atom. The van der Waals surface area contributed by atoms with Gasteiger partial charge in [-0.3, -0.25) is 14.4 Å². The molecule has 0 saturated heterocycles. The van der Waals surface area contributed by atoms with Crippen molar-refractivity contribution < 1.29 is 14.4 Å². The lowest BCUT2D eigenvalue weighted by Crippen LogP contribution is -2.32. The molecule has 3 amide bonds. The van der Waals surface area contributed by atoms with Crippen molar-refractivity contribution in [3.05, 3.63) is 99.2 Å². The number of benzene rings is 3. The monoisotopic (exact) mass is 507 g/mol. The number of nitrogens with one attached hydrogen (secondary N) is 2. The fourth-order valence-electron chi connectivity index (χ4n) is 3.67. The zero-order valence-electron chi connectivity index (χ0n) is 19.4. The van der Waals surface area contributed by atoms with Crippen LogP contribution in [0.5, 0.6) is 0 Å². The molecule has 0 saturated carbocycles. The minimum absolute atomic E-state index is 0.0152. The molecule has 3 aromatic carbocycles. The summed E-state index contributed by atoms with van der Waals surface area (Å²) >= 11 is 12.2. The van der Waals surface area contributed by atoms with Crippen molar-refractivity contribution in [3.63, 3.8) is 0 Å². The first-order chi connectivity index (χ1) is 16.7. The molecule has 1 aliphatic rings. The van der Waals surface area contributed by atoms with Gasteiger partial charge in [0.25, 0.3) is 17.7 Å². The predicted molar refractivity (Wildman–Crippen MR) is 140 cm³/mol. The molecule has 0 bridgehead atoms. The van der Waals surface area contributed by atoms with Gasteiger partial charge in [0.1, 0.15) is 10.7 Å². The highest BCUT2D eigenvalue weighted by atomic mass is 35.5. The molecule has 1 heterocycles. The van der Waals surface area contributed by atoms with E-state index >= 15 is 0 Å². The highest BCUT2D eigenvalue weighted by molar-refractivity contribution is 6.53. The van der Waals surface area contributed by atoms with E-state index in [4.69, 9.17) is 23.2 Å². The third kappa shape index (κ3) is 5.09. The van der Waals surface area contributed by atoms with Gasteiger partial charge < -0.3 is 10.6 Å². The third-order valence-electron chi connectivity index (χ3n) is 5.70. The fourth-order valence-corrected chi connectivity index (χ4v) is 4.10. The summed E-state index contributed by atoms with van der Waals surface area (Å²) in [7, 11) is 0. The van der Waals surface area contributed by atoms with Crippen LogP contribution in [0.2, 0.25) is 5.02 Å². The molecule has 8 heteroatoms. The summed E-state index contributed by atoms with van der Waals surface area (Å²) in [5.74, 6) is -1.10. The molecule has 0 unspecified atom stereocenters. The molecule has 2 N–H and O–H groups in total. The van der Waals surface area contributed by atoms with Crippen LogP contribution in [-0.4, -0.2) is 17.7 Å². The lowest BCUT2D eigenvalue weighted by Gasteiger charge is -2.16. The number of halogens is 2. The van der Waals surface area contributed by atoms with Crippen LogP contribution in [0.15, 0.2) is 77.5 Å². The van der Waals surface area contributed by atoms with Gasteiger partial charge in [-0.15, -0.1) is 0 Å². The van der Waals surface area contributed by atoms with E-state index in [2.05, 4.69) is 24.5 Å². The van der Waals surface area contributed by atoms with E-state index in [-0.39, 0.29) is 16.6 Å². The number of hydrogen-bond acceptors (Lipinski definition) is 4. The number of aryl methyl sites for hydroxylation is 1. The summed E-state index contributed by atoms with van der Waals surface area (Å²) in [6.07, 6.45) is 0. The second-order valence-electron chi connectivity index (χ2n) is 8.50. The zero-order valence-corrected chi connectivity index (χ0v) is 20.9. The Labute approximate surface area is 213 Å². The standard InChI is InChI=1S/C27H23Cl2N3O3/c1-15(2)17-6-11-21(12-7-17)32-26(34)23(29)24(27(32)35)30-20-9-4-18(5-10-20)25(33)31-22-13-8-19(28)14-16(22)3/h4-15,30H,1-3H3,(H,31,33). The number of nitrogens with zero attached hydrogens (tertiary/aromatic N) is 1. The predicted octanol–water partition coefficient (Wildman–Crippen LogP) is 6.46. The molecule has 0 spiro atoms. The van der Waals surface area contributed by atoms with Crippen LogP contribution in [0.1, 0.15) is 41.3 Å². The molecule has 0 aliphatic carbocycles. The van der Waals surface area contributed by atoms with E-state index in [1.165, 1.54) is 0 Å². The number of imide groups is 1. The summed E-state index contributed by atoms with van der Waals surface area (Å²) in [5, 5.41) is 6.17. The molecule has 6 nitrogen and oxygen atoms in total. The molecule has 0 atom stereocenters. The van der Waals surface area contributed by atoms with Gasteiger partial charge in [-0.1, -0.05) is 49.2 Å². The Kier molecular flexibility index (Phi) is 6.96. The first-order valence-electron chi connectivity index (χ1n) is 11.0. The summed E-state index contributed by atoms with van der Waals surface area (Å²) < 4.78 is 0. The Hall–Kier alpha value is -3.61. The molecule has 0 aromatic heterocycles. The minimum atomic E-state index is -0.592. The van der Waals surface area contributed by atoms with Crippen LogP contribution in [-0.2, 0) is 9.59 Å². The van der Waals surface area contributed by atoms with Crippen LogP contribution in [0.4, 0.5) is 17.1 Å². The Morgan fingerprint density at radius 3 is 2.14 bits per heavy atom. The molecule has 0 fully saturated rings. The van der Waals surface area contributed by atoms with E-state index in [1.807, 2.05) is 19.1 Å². The van der Waals surface area contributed by atoms with Crippen molar-refractivity contribution in [1.82, 2.24) is 0 Å². The van der Waals surface area contributed by atoms with E-state index in [9.17, 15) is 14.4 Å². The maximum absolute atomic E-state index is 13.0. The second-order valence-corrected chi connectivity index (χ2v) is 9.31. The number of rotatable bonds is 6. The molecular weight excluding hydrogens is 485 g/mol. The van der Waals surface area contributed by atoms with E-state index in [0.29, 0.717) is 33.6 Å². The summed E-state index contributed by atoms with van der Waals surface area (Å²) in [4.78, 5) is 39.4. The average Bonchev–Trinajstić information content (AvgIpc) is 3.04. The van der Waals surface area contributed by atoms with Gasteiger partial charge in [0.2, 0.25) is 0 Å². The van der Waals surface area contributed by atoms with E-state index < -0.39 is 11.8 Å². The van der Waals surface area contributed by atoms with Crippen LogP contribution in [0, 0.1) is 6.92 Å². The van der Waals surface area contributed by atoms with Gasteiger partial charge in [-0.05, 0) is 78.6 Å². The van der Waals surface area contributed by atoms with Crippen LogP contribution in [0.3, 0.4) is 0 Å². The first-order valence-corrected chi connectivity index (χ1v) is 11.7. The third-order valence-corrected chi connectivity index (χ3v) is 6.28. The Balaban J connectivity index is 1.47. The van der Waals surface area contributed by atoms with Gasteiger partial charge in [0, 0.05) is 22.0 Å². The van der Waals surface area contributed by atoms with Crippen LogP contribution >= 0.6 is 23.2 Å². The SMILES string of the molecule is Cc1cc(Cl)ccc1NC(=O)c1ccc(NC2=C(Cl)C(=O)N(c3ccc(C(C)C)cc3)C2=O)cc1. The second kappa shape index (κ2) is 9.94. The van der Waals surface area contributed by atoms with E-state index in [1.54, 1.807) is 54.6 Å². The van der Waals surface area contributed by atoms with Crippen molar-refractivity contribution in [2.75, 3.05) is 15.5 Å². The Bertz CT molecular complexity index is 1350. The largest absolute Gasteiger partial charge is 0.350 e. The summed E-state index contributed by atoms with van der Waals surface area (Å²) in [6, 6.07) is 18.9. The molecular formula is C27H23Cl2N3O3. The van der Waals surface area contributed by atoms with Crippen molar-refractivity contribution >= 4 is 58.0 Å². The highest BCUT2D eigenvalue weighted by Crippen LogP contribution is 2.31. The molecule has 178 valence electrons. The van der Waals surface area contributed by atoms with Gasteiger partial charge in [-0.2, -0.15) is 0 Å². The van der Waals surface area contributed by atoms with Crippen LogP contribution in [0.25, 0.3) is 0 Å². The van der Waals surface area contributed by atoms with Crippen molar-refractivity contribution in [2.45, 2.75) is 26.7 Å². The zero-order chi connectivity index (χ0) is 25.3. The average molecular weight is 508 g/mol. The maximum atomic E-state index is 13.0. The summed E-state index contributed by atoms with van der Waals surface area (Å²) in [6.45, 7) is 5.98. The summed E-state index contributed by atoms with van der Waals surface area (Å²) in [5.41, 5.74) is 3.97. The van der Waals surface area contributed by atoms with Crippen molar-refractivity contribution in [3.8, 4) is 0 Å². The van der Waals surface area contributed by atoms with Gasteiger partial charge in [0.15, 0.2) is 0 Å². The topological polar surface area (TPSA) is 78.5 Å². The first kappa shape index (κ1) is 24.5. The number of anilines is 3. The number of carbonyl (C=O) groups is 3. The lowest BCUT2D eigenvalue weighted by atomic mass is 10.0. The number of amides is 3. The molecule has 4 rings (SSSR count). The molecule has 35 heavy (non-hydrogen) atoms. The Morgan fingerprint density at radius 2 is 1.54 bits per heavy atom. The maximum Gasteiger partial charge on any atom is 0.283 e. The van der Waals surface area contributed by atoms with Crippen molar-refractivity contribution in [1.29, 1.82) is 0 Å². The van der Waals surface area contributed by atoms with Crippen molar-refractivity contribution in [2.24, 2.45) is 0 Å². The minimum Gasteiger partial charge on any atom is -0.350 e. The normalized spacial score (nSPS) is 13.6. The number of carbonyl (C=O) groups excluding carboxylic acids is 3. The smallest absolute Gasteiger partial charge is 0.283 e. The van der Waals surface area contributed by atoms with Crippen LogP contribution < -0.4 is 15.5 Å². The lowest BCUT2D eigenvalue weighted by molar-refractivity contribution is -0.120. The number of hydrogen-bond donors (Lipinski definition) is 2. The van der Waals surface area contributed by atoms with E-state index in [0.717, 1.165) is 16.0 Å². The van der Waals surface area contributed by atoms with Gasteiger partial charge >= 0.3 is 0 Å². The molecule has 3 aromatic rings. The highest BCUT2D eigenvalue weighted by Gasteiger charge is 2.39. The molecule has 1 aliphatic heterocycles. The van der Waals surface area contributed by atoms with Gasteiger partial charge in [-0.25, -0.2) is 4.90 Å². The quantitative estimate of drug-likeness (QED) is 0.375. The fraction of sp³-hybridized carbons (Fsp3) is 0.148. The van der Waals surface area contributed by atoms with Gasteiger partial charge in [0.05, 0.1) is 5.69 Å². The molecule has 0 radical (unpaired) electrons.